The average molecular weight is 174 g/mol. The first-order valence-corrected chi connectivity index (χ1v) is 4.39. The van der Waals surface area contributed by atoms with Gasteiger partial charge in [-0.15, -0.1) is 9.79 Å². The summed E-state index contributed by atoms with van der Waals surface area (Å²) in [5.41, 5.74) is 0. The summed E-state index contributed by atoms with van der Waals surface area (Å²) in [6, 6.07) is 0. The van der Waals surface area contributed by atoms with Gasteiger partial charge >= 0.3 is 16.5 Å². The molecule has 0 rings (SSSR count). The quantitative estimate of drug-likeness (QED) is 0.616. The molecule has 0 spiro atoms. The molecule has 54 valence electrons. The van der Waals surface area contributed by atoms with E-state index in [2.05, 4.69) is 4.31 Å². The van der Waals surface area contributed by atoms with E-state index in [-0.39, 0.29) is 0 Å². The van der Waals surface area contributed by atoms with Crippen LogP contribution in [0.5, 0.6) is 0 Å². The monoisotopic (exact) mass is 174 g/mol. The van der Waals surface area contributed by atoms with Crippen molar-refractivity contribution in [3.05, 3.63) is 0 Å². The van der Waals surface area contributed by atoms with Crippen LogP contribution in [0.2, 0.25) is 0 Å². The third-order valence-electron chi connectivity index (χ3n) is 0.140. The summed E-state index contributed by atoms with van der Waals surface area (Å²) in [5, 5.41) is 0. The first-order chi connectivity index (χ1) is 4.13. The van der Waals surface area contributed by atoms with E-state index in [0.29, 0.717) is 0 Å². The van der Waals surface area contributed by atoms with E-state index < -0.39 is 16.5 Å². The maximum absolute atomic E-state index is 9.39. The van der Waals surface area contributed by atoms with Crippen molar-refractivity contribution in [1.82, 2.24) is 0 Å². The standard InChI is InChI=1S/C2H6.O5P2/c1-2;1-6(2)5-7(3)4/h1-2H3;/p+2. The minimum absolute atomic E-state index is 2.00. The molecule has 2 unspecified atom stereocenters. The fourth-order valence-corrected chi connectivity index (χ4v) is 0.538. The number of rotatable bonds is 2. The van der Waals surface area contributed by atoms with Gasteiger partial charge in [0.2, 0.25) is 0 Å². The van der Waals surface area contributed by atoms with Gasteiger partial charge in [-0.1, -0.05) is 13.8 Å². The van der Waals surface area contributed by atoms with Gasteiger partial charge < -0.3 is 0 Å². The summed E-state index contributed by atoms with van der Waals surface area (Å²) in [6.45, 7) is 4.00. The molecule has 0 saturated heterocycles. The van der Waals surface area contributed by atoms with Crippen molar-refractivity contribution in [2.45, 2.75) is 13.8 Å². The number of hydrogen-bond donors (Lipinski definition) is 2. The summed E-state index contributed by atoms with van der Waals surface area (Å²) < 4.78 is 22.2. The van der Waals surface area contributed by atoms with Crippen LogP contribution in [0.3, 0.4) is 0 Å². The SMILES string of the molecule is CC.O=[P+](O)O[P+](=O)O. The van der Waals surface area contributed by atoms with E-state index in [9.17, 15) is 9.13 Å². The molecule has 0 saturated carbocycles. The van der Waals surface area contributed by atoms with Crippen LogP contribution in [-0.4, -0.2) is 9.79 Å². The van der Waals surface area contributed by atoms with E-state index in [4.69, 9.17) is 9.79 Å². The van der Waals surface area contributed by atoms with Crippen molar-refractivity contribution in [2.75, 3.05) is 0 Å². The van der Waals surface area contributed by atoms with E-state index in [1.54, 1.807) is 0 Å². The molecule has 0 radical (unpaired) electrons. The Kier molecular flexibility index (Phi) is 10.6. The van der Waals surface area contributed by atoms with Crippen LogP contribution in [0.1, 0.15) is 13.8 Å². The second kappa shape index (κ2) is 8.08. The highest BCUT2D eigenvalue weighted by atomic mass is 31.2. The van der Waals surface area contributed by atoms with Crippen LogP contribution >= 0.6 is 16.5 Å². The van der Waals surface area contributed by atoms with Gasteiger partial charge in [-0.3, -0.25) is 0 Å². The van der Waals surface area contributed by atoms with Gasteiger partial charge in [0, 0.05) is 9.13 Å². The molecule has 0 fully saturated rings. The largest absolute Gasteiger partial charge is 0.745 e. The van der Waals surface area contributed by atoms with Gasteiger partial charge in [-0.05, 0) is 0 Å². The molecule has 0 aromatic rings. The fourth-order valence-electron chi connectivity index (χ4n) is 0.0598. The molecule has 0 aromatic heterocycles. The molecule has 0 aliphatic rings. The molecule has 0 heterocycles. The Bertz CT molecular complexity index is 89.1. The summed E-state index contributed by atoms with van der Waals surface area (Å²) in [4.78, 5) is 15.3. The lowest BCUT2D eigenvalue weighted by Crippen LogP contribution is -1.58. The third-order valence-corrected chi connectivity index (χ3v) is 1.26. The zero-order chi connectivity index (χ0) is 7.86. The van der Waals surface area contributed by atoms with Gasteiger partial charge in [-0.25, -0.2) is 0 Å². The molecular weight excluding hydrogens is 166 g/mol. The van der Waals surface area contributed by atoms with Gasteiger partial charge in [-0.2, -0.15) is 0 Å². The van der Waals surface area contributed by atoms with Crippen molar-refractivity contribution in [2.24, 2.45) is 0 Å². The maximum atomic E-state index is 9.39. The molecule has 9 heavy (non-hydrogen) atoms. The van der Waals surface area contributed by atoms with Gasteiger partial charge in [0.25, 0.3) is 0 Å². The molecule has 7 heteroatoms. The maximum Gasteiger partial charge on any atom is 0.745 e. The fraction of sp³-hybridized carbons (Fsp3) is 1.00. The molecule has 0 amide bonds. The highest BCUT2D eigenvalue weighted by Gasteiger charge is 2.31. The molecule has 0 bridgehead atoms. The predicted molar refractivity (Wildman–Crippen MR) is 32.1 cm³/mol. The van der Waals surface area contributed by atoms with Crippen molar-refractivity contribution < 1.29 is 23.2 Å². The molecule has 0 aromatic carbocycles. The summed E-state index contributed by atoms with van der Waals surface area (Å²) in [5.74, 6) is 0. The average Bonchev–Trinajstić information content (AvgIpc) is 1.68. The topological polar surface area (TPSA) is 83.8 Å². The lowest BCUT2D eigenvalue weighted by atomic mass is 11.0. The minimum Gasteiger partial charge on any atom is -0.131 e. The van der Waals surface area contributed by atoms with E-state index >= 15 is 0 Å². The van der Waals surface area contributed by atoms with E-state index in [0.717, 1.165) is 0 Å². The molecule has 0 aliphatic heterocycles. The second-order valence-corrected chi connectivity index (χ2v) is 2.16. The van der Waals surface area contributed by atoms with Crippen molar-refractivity contribution in [1.29, 1.82) is 0 Å². The van der Waals surface area contributed by atoms with Crippen LogP contribution in [0.15, 0.2) is 0 Å². The van der Waals surface area contributed by atoms with Gasteiger partial charge in [0.1, 0.15) is 0 Å². The summed E-state index contributed by atoms with van der Waals surface area (Å²) in [6.07, 6.45) is 0. The summed E-state index contributed by atoms with van der Waals surface area (Å²) >= 11 is 0. The smallest absolute Gasteiger partial charge is 0.131 e. The first-order valence-electron chi connectivity index (χ1n) is 2.13. The zero-order valence-electron chi connectivity index (χ0n) is 5.01. The van der Waals surface area contributed by atoms with Crippen LogP contribution in [-0.2, 0) is 13.4 Å². The second-order valence-electron chi connectivity index (χ2n) is 0.557. The van der Waals surface area contributed by atoms with Crippen LogP contribution in [0.25, 0.3) is 0 Å². The Hall–Kier alpha value is 0.0800. The molecule has 0 aliphatic carbocycles. The predicted octanol–water partition coefficient (Wildman–Crippen LogP) is 1.33. The van der Waals surface area contributed by atoms with Gasteiger partial charge in [0.05, 0.1) is 0 Å². The highest BCUT2D eigenvalue weighted by molar-refractivity contribution is 7.46. The minimum atomic E-state index is -2.92. The zero-order valence-corrected chi connectivity index (χ0v) is 6.80. The molecule has 5 nitrogen and oxygen atoms in total. The highest BCUT2D eigenvalue weighted by Crippen LogP contribution is 2.30. The van der Waals surface area contributed by atoms with Gasteiger partial charge in [0.15, 0.2) is 4.31 Å². The molecule has 2 N–H and O–H groups in total. The van der Waals surface area contributed by atoms with E-state index in [1.807, 2.05) is 13.8 Å². The Balaban J connectivity index is 0. The summed E-state index contributed by atoms with van der Waals surface area (Å²) in [7, 11) is -5.85. The van der Waals surface area contributed by atoms with Crippen LogP contribution in [0, 0.1) is 0 Å². The first kappa shape index (κ1) is 11.8. The molecule has 2 atom stereocenters. The van der Waals surface area contributed by atoms with Crippen LogP contribution < -0.4 is 0 Å². The van der Waals surface area contributed by atoms with Crippen molar-refractivity contribution >= 4 is 16.5 Å². The number of hydrogen-bond acceptors (Lipinski definition) is 3. The Morgan fingerprint density at radius 2 is 1.33 bits per heavy atom. The Morgan fingerprint density at radius 3 is 1.33 bits per heavy atom. The van der Waals surface area contributed by atoms with Crippen molar-refractivity contribution in [3.8, 4) is 0 Å². The third kappa shape index (κ3) is 17.9. The van der Waals surface area contributed by atoms with Crippen molar-refractivity contribution in [3.63, 3.8) is 0 Å². The normalized spacial score (nSPS) is 11.1. The lowest BCUT2D eigenvalue weighted by Gasteiger charge is -1.50. The van der Waals surface area contributed by atoms with Crippen LogP contribution in [0.4, 0.5) is 0 Å². The molecular formula is C2H8O5P2+2. The van der Waals surface area contributed by atoms with E-state index in [1.165, 1.54) is 0 Å². The lowest BCUT2D eigenvalue weighted by molar-refractivity contribution is 0.371. The Labute approximate surface area is 54.6 Å². The Morgan fingerprint density at radius 1 is 1.11 bits per heavy atom.